The topological polar surface area (TPSA) is 12.0 Å². The molecule has 0 spiro atoms. The molecular weight excluding hydrogens is 146 g/mol. The van der Waals surface area contributed by atoms with Crippen molar-refractivity contribution in [2.75, 3.05) is 0 Å². The number of nitrogens with one attached hydrogen (secondary N) is 1. The van der Waals surface area contributed by atoms with Crippen molar-refractivity contribution in [1.82, 2.24) is 5.32 Å². The van der Waals surface area contributed by atoms with Crippen molar-refractivity contribution in [3.8, 4) is 0 Å². The summed E-state index contributed by atoms with van der Waals surface area (Å²) in [5, 5.41) is 3.62. The van der Waals surface area contributed by atoms with Crippen LogP contribution in [-0.4, -0.2) is 12.1 Å². The van der Waals surface area contributed by atoms with E-state index < -0.39 is 0 Å². The quantitative estimate of drug-likeness (QED) is 0.685. The van der Waals surface area contributed by atoms with E-state index >= 15 is 0 Å². The number of hydrogen-bond donors (Lipinski definition) is 1. The molecule has 0 aliphatic carbocycles. The molecule has 0 radical (unpaired) electrons. The van der Waals surface area contributed by atoms with E-state index in [0.29, 0.717) is 17.5 Å². The second kappa shape index (κ2) is 4.86. The van der Waals surface area contributed by atoms with Gasteiger partial charge in [0.1, 0.15) is 0 Å². The summed E-state index contributed by atoms with van der Waals surface area (Å²) in [6.45, 7) is 13.6. The number of hydrogen-bond acceptors (Lipinski definition) is 1. The molecule has 12 heavy (non-hydrogen) atoms. The van der Waals surface area contributed by atoms with Crippen LogP contribution in [0.1, 0.15) is 54.4 Å². The predicted octanol–water partition coefficient (Wildman–Crippen LogP) is 3.20. The molecule has 0 fully saturated rings. The van der Waals surface area contributed by atoms with Crippen molar-refractivity contribution in [1.29, 1.82) is 0 Å². The van der Waals surface area contributed by atoms with Gasteiger partial charge < -0.3 is 5.32 Å². The zero-order chi connectivity index (χ0) is 9.78. The zero-order valence-electron chi connectivity index (χ0n) is 9.57. The Morgan fingerprint density at radius 2 is 1.67 bits per heavy atom. The van der Waals surface area contributed by atoms with E-state index in [1.807, 2.05) is 0 Å². The third-order valence-electron chi connectivity index (χ3n) is 2.56. The van der Waals surface area contributed by atoms with Crippen LogP contribution in [0.5, 0.6) is 0 Å². The molecule has 2 unspecified atom stereocenters. The SMILES string of the molecule is CCCC(C)NC(C)C(C)(C)C. The highest BCUT2D eigenvalue weighted by Gasteiger charge is 2.20. The minimum Gasteiger partial charge on any atom is -0.311 e. The van der Waals surface area contributed by atoms with Gasteiger partial charge in [0.05, 0.1) is 0 Å². The maximum atomic E-state index is 3.62. The lowest BCUT2D eigenvalue weighted by molar-refractivity contribution is 0.262. The summed E-state index contributed by atoms with van der Waals surface area (Å²) in [7, 11) is 0. The average Bonchev–Trinajstić information content (AvgIpc) is 1.85. The first-order chi connectivity index (χ1) is 5.38. The fraction of sp³-hybridized carbons (Fsp3) is 1.00. The summed E-state index contributed by atoms with van der Waals surface area (Å²) >= 11 is 0. The molecule has 2 atom stereocenters. The molecule has 0 aromatic rings. The van der Waals surface area contributed by atoms with Crippen molar-refractivity contribution in [2.45, 2.75) is 66.5 Å². The second-order valence-corrected chi connectivity index (χ2v) is 4.94. The highest BCUT2D eigenvalue weighted by atomic mass is 14.9. The molecule has 1 nitrogen and oxygen atoms in total. The van der Waals surface area contributed by atoms with Crippen LogP contribution in [0.3, 0.4) is 0 Å². The lowest BCUT2D eigenvalue weighted by Gasteiger charge is -2.31. The van der Waals surface area contributed by atoms with Crippen LogP contribution >= 0.6 is 0 Å². The number of rotatable bonds is 4. The smallest absolute Gasteiger partial charge is 0.00897 e. The molecule has 0 amide bonds. The molecule has 0 saturated carbocycles. The molecule has 0 bridgehead atoms. The first-order valence-electron chi connectivity index (χ1n) is 5.14. The van der Waals surface area contributed by atoms with Gasteiger partial charge in [-0.2, -0.15) is 0 Å². The van der Waals surface area contributed by atoms with E-state index in [2.05, 4.69) is 46.9 Å². The molecule has 1 N–H and O–H groups in total. The lowest BCUT2D eigenvalue weighted by atomic mass is 9.87. The molecule has 0 rings (SSSR count). The monoisotopic (exact) mass is 171 g/mol. The van der Waals surface area contributed by atoms with Crippen LogP contribution in [-0.2, 0) is 0 Å². The van der Waals surface area contributed by atoms with E-state index in [1.54, 1.807) is 0 Å². The average molecular weight is 171 g/mol. The summed E-state index contributed by atoms with van der Waals surface area (Å²) in [5.41, 5.74) is 0.377. The highest BCUT2D eigenvalue weighted by Crippen LogP contribution is 2.19. The molecule has 0 aliphatic heterocycles. The zero-order valence-corrected chi connectivity index (χ0v) is 9.57. The Morgan fingerprint density at radius 3 is 2.00 bits per heavy atom. The van der Waals surface area contributed by atoms with Crippen LogP contribution < -0.4 is 5.32 Å². The molecule has 74 valence electrons. The van der Waals surface area contributed by atoms with Gasteiger partial charge in [-0.1, -0.05) is 34.1 Å². The Balaban J connectivity index is 3.76. The van der Waals surface area contributed by atoms with E-state index in [1.165, 1.54) is 12.8 Å². The Bertz CT molecular complexity index is 113. The maximum absolute atomic E-state index is 3.62. The van der Waals surface area contributed by atoms with Crippen molar-refractivity contribution in [3.05, 3.63) is 0 Å². The van der Waals surface area contributed by atoms with Crippen LogP contribution in [0.15, 0.2) is 0 Å². The largest absolute Gasteiger partial charge is 0.311 e. The van der Waals surface area contributed by atoms with Gasteiger partial charge in [-0.05, 0) is 25.7 Å². The second-order valence-electron chi connectivity index (χ2n) is 4.94. The molecule has 0 aliphatic rings. The predicted molar refractivity (Wildman–Crippen MR) is 56.4 cm³/mol. The fourth-order valence-electron chi connectivity index (χ4n) is 1.19. The van der Waals surface area contributed by atoms with Crippen LogP contribution in [0.25, 0.3) is 0 Å². The van der Waals surface area contributed by atoms with Crippen LogP contribution in [0, 0.1) is 5.41 Å². The van der Waals surface area contributed by atoms with Gasteiger partial charge in [0.15, 0.2) is 0 Å². The minimum absolute atomic E-state index is 0.377. The van der Waals surface area contributed by atoms with Gasteiger partial charge in [-0.25, -0.2) is 0 Å². The Morgan fingerprint density at radius 1 is 1.17 bits per heavy atom. The van der Waals surface area contributed by atoms with Gasteiger partial charge in [0, 0.05) is 12.1 Å². The van der Waals surface area contributed by atoms with E-state index in [0.717, 1.165) is 0 Å². The molecular formula is C11H25N. The summed E-state index contributed by atoms with van der Waals surface area (Å²) in [6, 6.07) is 1.25. The summed E-state index contributed by atoms with van der Waals surface area (Å²) in [4.78, 5) is 0. The molecule has 0 aromatic heterocycles. The summed E-state index contributed by atoms with van der Waals surface area (Å²) < 4.78 is 0. The molecule has 0 aromatic carbocycles. The third-order valence-corrected chi connectivity index (χ3v) is 2.56. The lowest BCUT2D eigenvalue weighted by Crippen LogP contribution is -2.42. The summed E-state index contributed by atoms with van der Waals surface area (Å²) in [5.74, 6) is 0. The van der Waals surface area contributed by atoms with Gasteiger partial charge in [-0.15, -0.1) is 0 Å². The van der Waals surface area contributed by atoms with E-state index in [4.69, 9.17) is 0 Å². The normalized spacial score (nSPS) is 17.5. The first kappa shape index (κ1) is 12.0. The van der Waals surface area contributed by atoms with E-state index in [9.17, 15) is 0 Å². The Hall–Kier alpha value is -0.0400. The Kier molecular flexibility index (Phi) is 4.84. The van der Waals surface area contributed by atoms with Crippen molar-refractivity contribution < 1.29 is 0 Å². The third kappa shape index (κ3) is 4.76. The highest BCUT2D eigenvalue weighted by molar-refractivity contribution is 4.78. The minimum atomic E-state index is 0.377. The van der Waals surface area contributed by atoms with Crippen molar-refractivity contribution in [3.63, 3.8) is 0 Å². The fourth-order valence-corrected chi connectivity index (χ4v) is 1.19. The van der Waals surface area contributed by atoms with Gasteiger partial charge in [0.25, 0.3) is 0 Å². The van der Waals surface area contributed by atoms with Gasteiger partial charge in [0.2, 0.25) is 0 Å². The Labute approximate surface area is 77.9 Å². The maximum Gasteiger partial charge on any atom is 0.00897 e. The van der Waals surface area contributed by atoms with Crippen molar-refractivity contribution in [2.24, 2.45) is 5.41 Å². The van der Waals surface area contributed by atoms with E-state index in [-0.39, 0.29) is 0 Å². The first-order valence-corrected chi connectivity index (χ1v) is 5.14. The van der Waals surface area contributed by atoms with Crippen molar-refractivity contribution >= 4 is 0 Å². The molecule has 1 heteroatoms. The van der Waals surface area contributed by atoms with Crippen LogP contribution in [0.4, 0.5) is 0 Å². The van der Waals surface area contributed by atoms with Crippen LogP contribution in [0.2, 0.25) is 0 Å². The molecule has 0 saturated heterocycles. The van der Waals surface area contributed by atoms with Gasteiger partial charge in [-0.3, -0.25) is 0 Å². The standard InChI is InChI=1S/C11H25N/c1-7-8-9(2)12-10(3)11(4,5)6/h9-10,12H,7-8H2,1-6H3. The van der Waals surface area contributed by atoms with Gasteiger partial charge >= 0.3 is 0 Å². The molecule has 0 heterocycles. The summed E-state index contributed by atoms with van der Waals surface area (Å²) in [6.07, 6.45) is 2.55.